The molecule has 0 aromatic heterocycles. The van der Waals surface area contributed by atoms with Gasteiger partial charge < -0.3 is 9.47 Å². The average Bonchev–Trinajstić information content (AvgIpc) is 2.22. The number of allylic oxidation sites excluding steroid dienone is 1. The van der Waals surface area contributed by atoms with E-state index in [1.165, 1.54) is 0 Å². The van der Waals surface area contributed by atoms with Crippen LogP contribution in [0.15, 0.2) is 11.6 Å². The van der Waals surface area contributed by atoms with Crippen LogP contribution in [0.2, 0.25) is 0 Å². The largest absolute Gasteiger partial charge is 0.465 e. The van der Waals surface area contributed by atoms with Crippen LogP contribution in [0, 0.1) is 5.41 Å². The molecule has 6 heteroatoms. The number of ether oxygens (including phenoxy) is 2. The summed E-state index contributed by atoms with van der Waals surface area (Å²) in [6, 6.07) is 0. The minimum Gasteiger partial charge on any atom is -0.465 e. The Bertz CT molecular complexity index is 322. The molecule has 0 rings (SSSR count). The lowest BCUT2D eigenvalue weighted by atomic mass is 9.90. The molecule has 0 unspecified atom stereocenters. The Morgan fingerprint density at radius 2 is 1.35 bits per heavy atom. The molecule has 0 aliphatic carbocycles. The van der Waals surface area contributed by atoms with Crippen LogP contribution in [0.25, 0.3) is 0 Å². The second-order valence-electron chi connectivity index (χ2n) is 4.41. The first-order valence-electron chi connectivity index (χ1n) is 4.84. The quantitative estimate of drug-likeness (QED) is 0.262. The Labute approximate surface area is 111 Å². The molecular formula is C11H16Cl2O4. The summed E-state index contributed by atoms with van der Waals surface area (Å²) >= 11 is 12.2. The van der Waals surface area contributed by atoms with Crippen LogP contribution in [-0.2, 0) is 19.1 Å². The van der Waals surface area contributed by atoms with E-state index in [2.05, 4.69) is 9.47 Å². The molecule has 0 aliphatic heterocycles. The van der Waals surface area contributed by atoms with Crippen molar-refractivity contribution in [3.63, 3.8) is 0 Å². The number of halogens is 2. The smallest absolute Gasteiger partial charge is 0.345 e. The second-order valence-corrected chi connectivity index (χ2v) is 5.80. The maximum absolute atomic E-state index is 11.4. The lowest BCUT2D eigenvalue weighted by Gasteiger charge is -2.31. The minimum atomic E-state index is -1.40. The summed E-state index contributed by atoms with van der Waals surface area (Å²) in [5, 5.41) is 0. The first-order chi connectivity index (χ1) is 7.56. The van der Waals surface area contributed by atoms with Gasteiger partial charge in [-0.05, 0) is 11.5 Å². The molecule has 0 radical (unpaired) electrons. The molecule has 0 aliphatic rings. The maximum atomic E-state index is 11.4. The minimum absolute atomic E-state index is 0.324. The van der Waals surface area contributed by atoms with Gasteiger partial charge in [-0.1, -0.05) is 44.0 Å². The normalized spacial score (nSPS) is 11.7. The van der Waals surface area contributed by atoms with Crippen LogP contribution in [-0.4, -0.2) is 30.5 Å². The van der Waals surface area contributed by atoms with Crippen LogP contribution in [0.4, 0.5) is 0 Å². The molecule has 0 N–H and O–H groups in total. The molecule has 98 valence electrons. The van der Waals surface area contributed by atoms with Crippen LogP contribution in [0.5, 0.6) is 0 Å². The fourth-order valence-electron chi connectivity index (χ4n) is 0.819. The zero-order valence-corrected chi connectivity index (χ0v) is 12.0. The number of rotatable bonds is 3. The first-order valence-corrected chi connectivity index (χ1v) is 5.59. The Balaban J connectivity index is 5.47. The van der Waals surface area contributed by atoms with E-state index < -0.39 is 21.7 Å². The molecule has 0 aromatic carbocycles. The highest BCUT2D eigenvalue weighted by Crippen LogP contribution is 2.42. The topological polar surface area (TPSA) is 52.6 Å². The predicted octanol–water partition coefficient (Wildman–Crippen LogP) is 2.48. The van der Waals surface area contributed by atoms with Crippen molar-refractivity contribution in [2.75, 3.05) is 14.2 Å². The van der Waals surface area contributed by atoms with Crippen LogP contribution in [0.1, 0.15) is 20.8 Å². The predicted molar refractivity (Wildman–Crippen MR) is 66.0 cm³/mol. The van der Waals surface area contributed by atoms with Crippen LogP contribution < -0.4 is 0 Å². The van der Waals surface area contributed by atoms with Crippen molar-refractivity contribution < 1.29 is 19.1 Å². The van der Waals surface area contributed by atoms with Gasteiger partial charge in [0.2, 0.25) is 0 Å². The molecule has 0 amide bonds. The summed E-state index contributed by atoms with van der Waals surface area (Å²) in [5.74, 6) is -1.68. The van der Waals surface area contributed by atoms with E-state index in [1.54, 1.807) is 20.8 Å². The van der Waals surface area contributed by atoms with Crippen molar-refractivity contribution in [2.24, 2.45) is 5.41 Å². The molecule has 0 heterocycles. The van der Waals surface area contributed by atoms with E-state index in [1.807, 2.05) is 0 Å². The Kier molecular flexibility index (Phi) is 5.49. The Hall–Kier alpha value is -0.740. The highest BCUT2D eigenvalue weighted by molar-refractivity contribution is 6.50. The summed E-state index contributed by atoms with van der Waals surface area (Å²) in [4.78, 5) is 22.8. The van der Waals surface area contributed by atoms with Crippen LogP contribution in [0.3, 0.4) is 0 Å². The first kappa shape index (κ1) is 16.3. The summed E-state index contributed by atoms with van der Waals surface area (Å²) in [7, 11) is 2.31. The van der Waals surface area contributed by atoms with Gasteiger partial charge in [-0.3, -0.25) is 0 Å². The molecule has 0 saturated heterocycles. The van der Waals surface area contributed by atoms with Gasteiger partial charge in [0.05, 0.1) is 14.2 Å². The number of hydrogen-bond acceptors (Lipinski definition) is 4. The second kappa shape index (κ2) is 5.74. The Morgan fingerprint density at radius 3 is 1.59 bits per heavy atom. The molecular weight excluding hydrogens is 267 g/mol. The summed E-state index contributed by atoms with van der Waals surface area (Å²) in [5.41, 5.74) is -0.890. The number of methoxy groups -OCH3 is 2. The van der Waals surface area contributed by atoms with Crippen molar-refractivity contribution >= 4 is 35.1 Å². The monoisotopic (exact) mass is 282 g/mol. The lowest BCUT2D eigenvalue weighted by Crippen LogP contribution is -2.31. The summed E-state index contributed by atoms with van der Waals surface area (Å²) in [6.07, 6.45) is 1.15. The van der Waals surface area contributed by atoms with Crippen LogP contribution >= 0.6 is 23.2 Å². The third kappa shape index (κ3) is 4.21. The lowest BCUT2D eigenvalue weighted by molar-refractivity contribution is -0.144. The van der Waals surface area contributed by atoms with Gasteiger partial charge in [0, 0.05) is 0 Å². The van der Waals surface area contributed by atoms with Gasteiger partial charge in [0.1, 0.15) is 9.91 Å². The molecule has 0 fully saturated rings. The third-order valence-corrected chi connectivity index (χ3v) is 3.49. The molecule has 17 heavy (non-hydrogen) atoms. The highest BCUT2D eigenvalue weighted by Gasteiger charge is 2.39. The van der Waals surface area contributed by atoms with E-state index in [4.69, 9.17) is 23.2 Å². The van der Waals surface area contributed by atoms with Crippen molar-refractivity contribution in [1.29, 1.82) is 0 Å². The van der Waals surface area contributed by atoms with Gasteiger partial charge in [-0.15, -0.1) is 0 Å². The zero-order chi connectivity index (χ0) is 13.9. The summed E-state index contributed by atoms with van der Waals surface area (Å²) < 4.78 is 7.54. The van der Waals surface area contributed by atoms with Crippen molar-refractivity contribution in [1.82, 2.24) is 0 Å². The van der Waals surface area contributed by atoms with E-state index >= 15 is 0 Å². The van der Waals surface area contributed by atoms with E-state index in [-0.39, 0.29) is 5.57 Å². The number of hydrogen-bond donors (Lipinski definition) is 0. The van der Waals surface area contributed by atoms with Gasteiger partial charge in [0.15, 0.2) is 0 Å². The van der Waals surface area contributed by atoms with Gasteiger partial charge in [-0.2, -0.15) is 0 Å². The van der Waals surface area contributed by atoms with E-state index in [0.717, 1.165) is 20.3 Å². The van der Waals surface area contributed by atoms with Gasteiger partial charge >= 0.3 is 11.9 Å². The van der Waals surface area contributed by atoms with Crippen molar-refractivity contribution in [3.8, 4) is 0 Å². The number of carbonyl (C=O) groups is 2. The SMILES string of the molecule is COC(=O)C(=CC(Cl)(Cl)C(C)(C)C)C(=O)OC. The molecule has 0 spiro atoms. The molecule has 0 saturated carbocycles. The van der Waals surface area contributed by atoms with Gasteiger partial charge in [0.25, 0.3) is 0 Å². The maximum Gasteiger partial charge on any atom is 0.345 e. The standard InChI is InChI=1S/C11H16Cl2O4/c1-10(2,3)11(12,13)6-7(8(14)16-4)9(15)17-5/h6H,1-5H3. The number of esters is 2. The molecule has 0 bridgehead atoms. The zero-order valence-electron chi connectivity index (χ0n) is 10.5. The fraction of sp³-hybridized carbons (Fsp3) is 0.636. The summed E-state index contributed by atoms with van der Waals surface area (Å²) in [6.45, 7) is 5.32. The molecule has 0 atom stereocenters. The number of alkyl halides is 2. The van der Waals surface area contributed by atoms with Crippen molar-refractivity contribution in [3.05, 3.63) is 11.6 Å². The molecule has 4 nitrogen and oxygen atoms in total. The molecule has 0 aromatic rings. The van der Waals surface area contributed by atoms with Crippen molar-refractivity contribution in [2.45, 2.75) is 25.1 Å². The Morgan fingerprint density at radius 1 is 1.00 bits per heavy atom. The van der Waals surface area contributed by atoms with E-state index in [0.29, 0.717) is 0 Å². The highest BCUT2D eigenvalue weighted by atomic mass is 35.5. The average molecular weight is 283 g/mol. The van der Waals surface area contributed by atoms with E-state index in [9.17, 15) is 9.59 Å². The number of carbonyl (C=O) groups excluding carboxylic acids is 2. The third-order valence-electron chi connectivity index (χ3n) is 2.14. The van der Waals surface area contributed by atoms with Gasteiger partial charge in [-0.25, -0.2) is 9.59 Å². The fourth-order valence-corrected chi connectivity index (χ4v) is 1.04.